The van der Waals surface area contributed by atoms with Gasteiger partial charge in [-0.2, -0.15) is 0 Å². The Morgan fingerprint density at radius 3 is 2.48 bits per heavy atom. The molecule has 0 unspecified atom stereocenters. The largest absolute Gasteiger partial charge is 0.339 e. The van der Waals surface area contributed by atoms with E-state index in [0.29, 0.717) is 25.1 Å². The maximum absolute atomic E-state index is 13.8. The highest BCUT2D eigenvalue weighted by molar-refractivity contribution is 8.13. The third-order valence-electron chi connectivity index (χ3n) is 3.36. The summed E-state index contributed by atoms with van der Waals surface area (Å²) < 4.78 is 49.8. The van der Waals surface area contributed by atoms with Crippen molar-refractivity contribution in [1.29, 1.82) is 0 Å². The van der Waals surface area contributed by atoms with Crippen molar-refractivity contribution in [2.45, 2.75) is 24.7 Å². The van der Waals surface area contributed by atoms with Crippen molar-refractivity contribution in [1.82, 2.24) is 4.90 Å². The highest BCUT2D eigenvalue weighted by Gasteiger charge is 2.29. The summed E-state index contributed by atoms with van der Waals surface area (Å²) in [4.78, 5) is 13.0. The molecule has 0 spiro atoms. The van der Waals surface area contributed by atoms with E-state index in [9.17, 15) is 22.0 Å². The van der Waals surface area contributed by atoms with Gasteiger partial charge >= 0.3 is 0 Å². The first-order valence-corrected chi connectivity index (χ1v) is 8.78. The molecule has 1 saturated carbocycles. The maximum Gasteiger partial charge on any atom is 0.261 e. The van der Waals surface area contributed by atoms with E-state index in [1.807, 2.05) is 0 Å². The first kappa shape index (κ1) is 16.2. The molecule has 1 aliphatic rings. The Hall–Kier alpha value is -1.21. The number of rotatable bonds is 5. The molecule has 1 aliphatic carbocycles. The lowest BCUT2D eigenvalue weighted by Gasteiger charge is -2.21. The summed E-state index contributed by atoms with van der Waals surface area (Å²) in [6.45, 7) is 2.50. The highest BCUT2D eigenvalue weighted by Crippen LogP contribution is 2.30. The van der Waals surface area contributed by atoms with Gasteiger partial charge in [-0.25, -0.2) is 17.2 Å². The van der Waals surface area contributed by atoms with E-state index in [0.717, 1.165) is 18.9 Å². The van der Waals surface area contributed by atoms with Crippen molar-refractivity contribution in [3.05, 3.63) is 29.3 Å². The van der Waals surface area contributed by atoms with Crippen molar-refractivity contribution in [3.63, 3.8) is 0 Å². The van der Waals surface area contributed by atoms with Gasteiger partial charge in [-0.05, 0) is 37.8 Å². The molecule has 2 rings (SSSR count). The number of nitrogens with zero attached hydrogens (tertiary/aromatic N) is 1. The van der Waals surface area contributed by atoms with Crippen LogP contribution in [0.15, 0.2) is 17.0 Å². The second kappa shape index (κ2) is 5.88. The molecule has 4 nitrogen and oxygen atoms in total. The molecule has 0 radical (unpaired) electrons. The molecular weight excluding hydrogens is 324 g/mol. The van der Waals surface area contributed by atoms with Gasteiger partial charge in [0.2, 0.25) is 0 Å². The molecule has 0 bridgehead atoms. The van der Waals surface area contributed by atoms with Gasteiger partial charge in [-0.15, -0.1) is 0 Å². The lowest BCUT2D eigenvalue weighted by atomic mass is 10.1. The molecule has 0 atom stereocenters. The summed E-state index contributed by atoms with van der Waals surface area (Å²) in [5, 5.41) is 0. The van der Waals surface area contributed by atoms with Crippen molar-refractivity contribution in [2.75, 3.05) is 13.1 Å². The normalized spacial score (nSPS) is 15.0. The lowest BCUT2D eigenvalue weighted by Crippen LogP contribution is -2.33. The highest BCUT2D eigenvalue weighted by atomic mass is 35.7. The predicted octanol–water partition coefficient (Wildman–Crippen LogP) is 2.76. The minimum absolute atomic E-state index is 0.328. The molecule has 116 valence electrons. The van der Waals surface area contributed by atoms with Crippen LogP contribution >= 0.6 is 10.7 Å². The van der Waals surface area contributed by atoms with Crippen LogP contribution in [0.2, 0.25) is 0 Å². The lowest BCUT2D eigenvalue weighted by molar-refractivity contribution is 0.0750. The van der Waals surface area contributed by atoms with Gasteiger partial charge in [-0.1, -0.05) is 0 Å². The van der Waals surface area contributed by atoms with Gasteiger partial charge in [0.15, 0.2) is 11.6 Å². The number of benzene rings is 1. The molecule has 1 aromatic carbocycles. The average Bonchev–Trinajstić information content (AvgIpc) is 3.21. The van der Waals surface area contributed by atoms with Gasteiger partial charge in [0.25, 0.3) is 15.0 Å². The smallest absolute Gasteiger partial charge is 0.261 e. The fraction of sp³-hybridized carbons (Fsp3) is 0.462. The standard InChI is InChI=1S/C13H14ClF2NO3S/c1-2-17(7-8-3-4-8)13(18)10-5-9(21(14,19)20)6-11(15)12(10)16/h5-6,8H,2-4,7H2,1H3. The third-order valence-corrected chi connectivity index (χ3v) is 4.69. The van der Waals surface area contributed by atoms with Crippen LogP contribution in [-0.2, 0) is 9.05 Å². The van der Waals surface area contributed by atoms with Crippen LogP contribution in [0, 0.1) is 17.6 Å². The molecule has 1 amide bonds. The topological polar surface area (TPSA) is 54.5 Å². The van der Waals surface area contributed by atoms with Gasteiger partial charge in [0.05, 0.1) is 10.5 Å². The number of amides is 1. The quantitative estimate of drug-likeness (QED) is 0.776. The number of hydrogen-bond acceptors (Lipinski definition) is 3. The summed E-state index contributed by atoms with van der Waals surface area (Å²) in [6, 6.07) is 1.24. The summed E-state index contributed by atoms with van der Waals surface area (Å²) in [6.07, 6.45) is 1.99. The zero-order valence-electron chi connectivity index (χ0n) is 11.3. The summed E-state index contributed by atoms with van der Waals surface area (Å²) in [7, 11) is 0.879. The minimum Gasteiger partial charge on any atom is -0.339 e. The van der Waals surface area contributed by atoms with Crippen LogP contribution in [0.3, 0.4) is 0 Å². The molecule has 1 fully saturated rings. The predicted molar refractivity (Wildman–Crippen MR) is 73.7 cm³/mol. The van der Waals surface area contributed by atoms with Gasteiger partial charge in [0.1, 0.15) is 0 Å². The maximum atomic E-state index is 13.8. The van der Waals surface area contributed by atoms with E-state index in [1.165, 1.54) is 4.90 Å². The van der Waals surface area contributed by atoms with Crippen LogP contribution in [-0.4, -0.2) is 32.3 Å². The van der Waals surface area contributed by atoms with Crippen LogP contribution in [0.1, 0.15) is 30.1 Å². The molecule has 1 aromatic rings. The summed E-state index contributed by atoms with van der Waals surface area (Å²) in [5.74, 6) is -3.13. The Kier molecular flexibility index (Phi) is 4.53. The van der Waals surface area contributed by atoms with E-state index in [1.54, 1.807) is 6.92 Å². The van der Waals surface area contributed by atoms with E-state index in [-0.39, 0.29) is 0 Å². The van der Waals surface area contributed by atoms with E-state index in [4.69, 9.17) is 10.7 Å². The van der Waals surface area contributed by atoms with Crippen molar-refractivity contribution in [2.24, 2.45) is 5.92 Å². The van der Waals surface area contributed by atoms with Crippen LogP contribution in [0.5, 0.6) is 0 Å². The van der Waals surface area contributed by atoms with Crippen LogP contribution in [0.25, 0.3) is 0 Å². The molecule has 0 N–H and O–H groups in total. The number of halogens is 3. The zero-order chi connectivity index (χ0) is 15.8. The molecule has 0 heterocycles. The van der Waals surface area contributed by atoms with Crippen LogP contribution < -0.4 is 0 Å². The molecule has 0 aliphatic heterocycles. The molecule has 0 aromatic heterocycles. The second-order valence-corrected chi connectivity index (χ2v) is 7.56. The van der Waals surface area contributed by atoms with E-state index < -0.39 is 37.1 Å². The Labute approximate surface area is 126 Å². The van der Waals surface area contributed by atoms with Gasteiger partial charge < -0.3 is 4.90 Å². The molecule has 21 heavy (non-hydrogen) atoms. The Balaban J connectivity index is 2.41. The van der Waals surface area contributed by atoms with E-state index >= 15 is 0 Å². The Bertz CT molecular complexity index is 674. The number of carbonyl (C=O) groups is 1. The Morgan fingerprint density at radius 1 is 1.38 bits per heavy atom. The van der Waals surface area contributed by atoms with Gasteiger partial charge in [-0.3, -0.25) is 4.79 Å². The fourth-order valence-electron chi connectivity index (χ4n) is 2.00. The molecule has 8 heteroatoms. The monoisotopic (exact) mass is 337 g/mol. The van der Waals surface area contributed by atoms with Crippen molar-refractivity contribution < 1.29 is 22.0 Å². The SMILES string of the molecule is CCN(CC1CC1)C(=O)c1cc(S(=O)(=O)Cl)cc(F)c1F. The average molecular weight is 338 g/mol. The third kappa shape index (κ3) is 3.71. The van der Waals surface area contributed by atoms with Gasteiger partial charge in [0, 0.05) is 23.8 Å². The Morgan fingerprint density at radius 2 is 2.00 bits per heavy atom. The number of hydrogen-bond donors (Lipinski definition) is 0. The summed E-state index contributed by atoms with van der Waals surface area (Å²) in [5.41, 5.74) is -0.614. The minimum atomic E-state index is -4.25. The number of carbonyl (C=O) groups excluding carboxylic acids is 1. The van der Waals surface area contributed by atoms with Crippen molar-refractivity contribution >= 4 is 25.6 Å². The van der Waals surface area contributed by atoms with Crippen molar-refractivity contribution in [3.8, 4) is 0 Å². The van der Waals surface area contributed by atoms with E-state index in [2.05, 4.69) is 0 Å². The summed E-state index contributed by atoms with van der Waals surface area (Å²) >= 11 is 0. The second-order valence-electron chi connectivity index (χ2n) is 4.99. The first-order valence-electron chi connectivity index (χ1n) is 6.47. The first-order chi connectivity index (χ1) is 9.74. The zero-order valence-corrected chi connectivity index (χ0v) is 12.8. The molecule has 0 saturated heterocycles. The fourth-order valence-corrected chi connectivity index (χ4v) is 2.77. The van der Waals surface area contributed by atoms with Crippen LogP contribution in [0.4, 0.5) is 8.78 Å². The molecular formula is C13H14ClF2NO3S.